The monoisotopic (exact) mass is 324 g/mol. The largest absolute Gasteiger partial charge is 0.137 e. The van der Waals surface area contributed by atoms with E-state index in [1.54, 1.807) is 0 Å². The highest BCUT2D eigenvalue weighted by molar-refractivity contribution is 7.16. The zero-order valence-corrected chi connectivity index (χ0v) is 15.5. The molecule has 0 heterocycles. The molecule has 1 aliphatic carbocycles. The third-order valence-electron chi connectivity index (χ3n) is 5.38. The average Bonchev–Trinajstić information content (AvgIpc) is 2.59. The summed E-state index contributed by atoms with van der Waals surface area (Å²) in [6.45, 7) is 2.14. The summed E-state index contributed by atoms with van der Waals surface area (Å²) < 4.78 is 0. The molecule has 0 aliphatic heterocycles. The highest BCUT2D eigenvalue weighted by Gasteiger charge is 2.20. The minimum Gasteiger partial charge on any atom is -0.137 e. The minimum atomic E-state index is 0.908. The zero-order chi connectivity index (χ0) is 16.1. The molecule has 0 aromatic heterocycles. The van der Waals surface area contributed by atoms with Crippen molar-refractivity contribution in [3.63, 3.8) is 0 Å². The Bertz CT molecular complexity index is 589. The Kier molecular flexibility index (Phi) is 5.90. The smallest absolute Gasteiger partial charge is 0.00258 e. The standard InChI is InChI=1S/C22H29P/c1-17-2-4-18(5-3-17)14-19-6-8-20(9-7-19)15-21-10-12-22(16-23)13-11-21/h2-9,21-22H,10-16,23H2,1H3. The number of hydrogen-bond acceptors (Lipinski definition) is 0. The molecule has 3 rings (SSSR count). The van der Waals surface area contributed by atoms with Gasteiger partial charge in [-0.05, 0) is 80.1 Å². The SMILES string of the molecule is Cc1ccc(Cc2ccc(CC3CCC(CP)CC3)cc2)cc1. The van der Waals surface area contributed by atoms with Crippen LogP contribution >= 0.6 is 9.24 Å². The molecule has 1 aliphatic rings. The lowest BCUT2D eigenvalue weighted by molar-refractivity contribution is 0.292. The van der Waals surface area contributed by atoms with E-state index in [9.17, 15) is 0 Å². The van der Waals surface area contributed by atoms with Gasteiger partial charge in [-0.2, -0.15) is 0 Å². The molecular formula is C22H29P. The van der Waals surface area contributed by atoms with Crippen LogP contribution in [0.25, 0.3) is 0 Å². The van der Waals surface area contributed by atoms with Gasteiger partial charge < -0.3 is 0 Å². The molecule has 0 N–H and O–H groups in total. The van der Waals surface area contributed by atoms with Crippen LogP contribution in [0.1, 0.15) is 47.9 Å². The minimum absolute atomic E-state index is 0.908. The van der Waals surface area contributed by atoms with E-state index < -0.39 is 0 Å². The molecule has 23 heavy (non-hydrogen) atoms. The number of rotatable bonds is 5. The highest BCUT2D eigenvalue weighted by atomic mass is 31.0. The van der Waals surface area contributed by atoms with Crippen molar-refractivity contribution in [2.24, 2.45) is 11.8 Å². The summed E-state index contributed by atoms with van der Waals surface area (Å²) in [7, 11) is 2.92. The van der Waals surface area contributed by atoms with Crippen LogP contribution in [0, 0.1) is 18.8 Å². The normalized spacial score (nSPS) is 21.3. The van der Waals surface area contributed by atoms with Crippen LogP contribution in [0.2, 0.25) is 0 Å². The van der Waals surface area contributed by atoms with E-state index in [2.05, 4.69) is 64.7 Å². The Hall–Kier alpha value is -1.13. The lowest BCUT2D eigenvalue weighted by Gasteiger charge is -2.27. The molecule has 0 nitrogen and oxygen atoms in total. The maximum absolute atomic E-state index is 2.92. The first kappa shape index (κ1) is 16.7. The third-order valence-corrected chi connectivity index (χ3v) is 6.04. The van der Waals surface area contributed by atoms with Crippen LogP contribution in [0.5, 0.6) is 0 Å². The number of hydrogen-bond donors (Lipinski definition) is 0. The summed E-state index contributed by atoms with van der Waals surface area (Å²) >= 11 is 0. The Balaban J connectivity index is 1.54. The highest BCUT2D eigenvalue weighted by Crippen LogP contribution is 2.32. The van der Waals surface area contributed by atoms with Crippen molar-refractivity contribution in [1.29, 1.82) is 0 Å². The van der Waals surface area contributed by atoms with E-state index in [-0.39, 0.29) is 0 Å². The first-order chi connectivity index (χ1) is 11.2. The van der Waals surface area contributed by atoms with Crippen molar-refractivity contribution < 1.29 is 0 Å². The summed E-state index contributed by atoms with van der Waals surface area (Å²) in [5.74, 6) is 1.87. The summed E-state index contributed by atoms with van der Waals surface area (Å²) in [6, 6.07) is 18.2. The van der Waals surface area contributed by atoms with Gasteiger partial charge in [-0.3, -0.25) is 0 Å². The van der Waals surface area contributed by atoms with Crippen LogP contribution in [-0.2, 0) is 12.8 Å². The van der Waals surface area contributed by atoms with Gasteiger partial charge in [0.2, 0.25) is 0 Å². The van der Waals surface area contributed by atoms with E-state index >= 15 is 0 Å². The number of aryl methyl sites for hydroxylation is 1. The van der Waals surface area contributed by atoms with Gasteiger partial charge in [0.15, 0.2) is 0 Å². The molecule has 1 unspecified atom stereocenters. The van der Waals surface area contributed by atoms with Crippen molar-refractivity contribution in [1.82, 2.24) is 0 Å². The number of benzene rings is 2. The molecule has 122 valence electrons. The predicted octanol–water partition coefficient (Wildman–Crippen LogP) is 5.81. The fourth-order valence-corrected chi connectivity index (χ4v) is 4.21. The Morgan fingerprint density at radius 3 is 1.78 bits per heavy atom. The third kappa shape index (κ3) is 4.92. The Morgan fingerprint density at radius 1 is 0.739 bits per heavy atom. The molecular weight excluding hydrogens is 295 g/mol. The van der Waals surface area contributed by atoms with Gasteiger partial charge in [0.1, 0.15) is 0 Å². The van der Waals surface area contributed by atoms with Crippen molar-refractivity contribution in [3.05, 3.63) is 70.8 Å². The Labute approximate surface area is 143 Å². The van der Waals surface area contributed by atoms with Gasteiger partial charge in [-0.1, -0.05) is 54.1 Å². The van der Waals surface area contributed by atoms with Crippen LogP contribution in [0.3, 0.4) is 0 Å². The van der Waals surface area contributed by atoms with Crippen molar-refractivity contribution in [2.45, 2.75) is 45.4 Å². The fraction of sp³-hybridized carbons (Fsp3) is 0.455. The van der Waals surface area contributed by atoms with Crippen LogP contribution < -0.4 is 0 Å². The molecule has 1 fully saturated rings. The van der Waals surface area contributed by atoms with Crippen LogP contribution in [-0.4, -0.2) is 6.16 Å². The maximum Gasteiger partial charge on any atom is -0.00258 e. The van der Waals surface area contributed by atoms with Crippen molar-refractivity contribution >= 4 is 9.24 Å². The lowest BCUT2D eigenvalue weighted by Crippen LogP contribution is -2.17. The van der Waals surface area contributed by atoms with Gasteiger partial charge >= 0.3 is 0 Å². The molecule has 0 spiro atoms. The van der Waals surface area contributed by atoms with Gasteiger partial charge in [0, 0.05) is 0 Å². The van der Waals surface area contributed by atoms with Crippen LogP contribution in [0.4, 0.5) is 0 Å². The summed E-state index contributed by atoms with van der Waals surface area (Å²) in [5, 5.41) is 0. The second kappa shape index (κ2) is 8.11. The quantitative estimate of drug-likeness (QED) is 0.609. The summed E-state index contributed by atoms with van der Waals surface area (Å²) in [5.41, 5.74) is 5.68. The maximum atomic E-state index is 2.92. The molecule has 1 heteroatoms. The molecule has 0 radical (unpaired) electrons. The second-order valence-electron chi connectivity index (χ2n) is 7.31. The average molecular weight is 324 g/mol. The van der Waals surface area contributed by atoms with E-state index in [0.29, 0.717) is 0 Å². The molecule has 0 amide bonds. The molecule has 1 atom stereocenters. The summed E-state index contributed by atoms with van der Waals surface area (Å²) in [4.78, 5) is 0. The predicted molar refractivity (Wildman–Crippen MR) is 104 cm³/mol. The molecule has 0 bridgehead atoms. The Morgan fingerprint density at radius 2 is 1.22 bits per heavy atom. The van der Waals surface area contributed by atoms with E-state index in [1.807, 2.05) is 0 Å². The van der Waals surface area contributed by atoms with Crippen LogP contribution in [0.15, 0.2) is 48.5 Å². The molecule has 1 saturated carbocycles. The van der Waals surface area contributed by atoms with Crippen molar-refractivity contribution in [2.75, 3.05) is 6.16 Å². The van der Waals surface area contributed by atoms with Gasteiger partial charge in [0.25, 0.3) is 0 Å². The lowest BCUT2D eigenvalue weighted by atomic mass is 9.80. The first-order valence-electron chi connectivity index (χ1n) is 9.06. The molecule has 2 aromatic carbocycles. The zero-order valence-electron chi connectivity index (χ0n) is 14.3. The second-order valence-corrected chi connectivity index (χ2v) is 7.78. The summed E-state index contributed by atoms with van der Waals surface area (Å²) in [6.07, 6.45) is 9.31. The molecule has 2 aromatic rings. The molecule has 0 saturated heterocycles. The van der Waals surface area contributed by atoms with E-state index in [1.165, 1.54) is 60.5 Å². The van der Waals surface area contributed by atoms with E-state index in [0.717, 1.165) is 18.3 Å². The topological polar surface area (TPSA) is 0 Å². The van der Waals surface area contributed by atoms with Gasteiger partial charge in [-0.15, -0.1) is 9.24 Å². The van der Waals surface area contributed by atoms with E-state index in [4.69, 9.17) is 0 Å². The fourth-order valence-electron chi connectivity index (χ4n) is 3.74. The van der Waals surface area contributed by atoms with Gasteiger partial charge in [0.05, 0.1) is 0 Å². The van der Waals surface area contributed by atoms with Crippen molar-refractivity contribution in [3.8, 4) is 0 Å². The van der Waals surface area contributed by atoms with Gasteiger partial charge in [-0.25, -0.2) is 0 Å². The first-order valence-corrected chi connectivity index (χ1v) is 9.88.